The maximum atomic E-state index is 13.2. The van der Waals surface area contributed by atoms with Crippen molar-refractivity contribution in [3.05, 3.63) is 40.7 Å². The summed E-state index contributed by atoms with van der Waals surface area (Å²) in [6.07, 6.45) is 0. The molecule has 8 heteroatoms. The molecule has 0 bridgehead atoms. The van der Waals surface area contributed by atoms with Gasteiger partial charge in [0.05, 0.1) is 10.8 Å². The van der Waals surface area contributed by atoms with Crippen molar-refractivity contribution < 1.29 is 35.8 Å². The van der Waals surface area contributed by atoms with Crippen LogP contribution in [0.2, 0.25) is 0 Å². The third kappa shape index (κ3) is 1.34. The van der Waals surface area contributed by atoms with Crippen LogP contribution in [0.25, 0.3) is 10.8 Å². The van der Waals surface area contributed by atoms with Crippen LogP contribution in [0.4, 0.5) is 30.7 Å². The minimum absolute atomic E-state index is 1.77. The highest BCUT2D eigenvalue weighted by Gasteiger charge is 2.30. The van der Waals surface area contributed by atoms with Crippen LogP contribution < -0.4 is 0 Å². The highest BCUT2D eigenvalue weighted by molar-refractivity contribution is 5.87. The lowest BCUT2D eigenvalue weighted by molar-refractivity contribution is 0.298. The standard InChI is InChI=1S/C10F7O/c11-3-1-2(4(12)8(16)7(3)15)6(14)10(18)9(17)5(1)13. The molecule has 0 aliphatic heterocycles. The van der Waals surface area contributed by atoms with Gasteiger partial charge in [-0.2, -0.15) is 4.39 Å². The molecule has 1 radical (unpaired) electrons. The monoisotopic (exact) mass is 269 g/mol. The lowest BCUT2D eigenvalue weighted by Crippen LogP contribution is -2.03. The first-order valence-corrected chi connectivity index (χ1v) is 4.28. The Morgan fingerprint density at radius 3 is 1.22 bits per heavy atom. The van der Waals surface area contributed by atoms with E-state index in [1.807, 2.05) is 0 Å². The van der Waals surface area contributed by atoms with Gasteiger partial charge >= 0.3 is 0 Å². The van der Waals surface area contributed by atoms with Crippen molar-refractivity contribution in [3.63, 3.8) is 0 Å². The topological polar surface area (TPSA) is 19.9 Å². The average molecular weight is 269 g/mol. The van der Waals surface area contributed by atoms with Gasteiger partial charge in [-0.15, -0.1) is 0 Å². The molecule has 0 saturated heterocycles. The summed E-state index contributed by atoms with van der Waals surface area (Å²) in [6, 6.07) is 0. The molecule has 0 saturated carbocycles. The molecule has 0 spiro atoms. The summed E-state index contributed by atoms with van der Waals surface area (Å²) in [7, 11) is 0. The second kappa shape index (κ2) is 3.76. The Kier molecular flexibility index (Phi) is 2.60. The van der Waals surface area contributed by atoms with E-state index >= 15 is 0 Å². The van der Waals surface area contributed by atoms with Crippen molar-refractivity contribution in [2.45, 2.75) is 0 Å². The molecule has 95 valence electrons. The van der Waals surface area contributed by atoms with Crippen LogP contribution in [0.3, 0.4) is 0 Å². The number of halogens is 7. The van der Waals surface area contributed by atoms with Gasteiger partial charge in [-0.1, -0.05) is 0 Å². The molecule has 2 aromatic rings. The first-order valence-electron chi connectivity index (χ1n) is 4.28. The largest absolute Gasteiger partial charge is 0.283 e. The van der Waals surface area contributed by atoms with Crippen LogP contribution in [0.15, 0.2) is 0 Å². The fourth-order valence-corrected chi connectivity index (χ4v) is 1.46. The molecule has 18 heavy (non-hydrogen) atoms. The predicted molar refractivity (Wildman–Crippen MR) is 43.8 cm³/mol. The molecule has 0 amide bonds. The van der Waals surface area contributed by atoms with Crippen molar-refractivity contribution in [1.29, 1.82) is 0 Å². The van der Waals surface area contributed by atoms with Gasteiger partial charge < -0.3 is 0 Å². The van der Waals surface area contributed by atoms with Crippen molar-refractivity contribution in [2.24, 2.45) is 0 Å². The fourth-order valence-electron chi connectivity index (χ4n) is 1.46. The summed E-state index contributed by atoms with van der Waals surface area (Å²) in [6.45, 7) is 0. The first-order chi connectivity index (χ1) is 8.29. The second-order valence-electron chi connectivity index (χ2n) is 3.28. The molecule has 0 heterocycles. The van der Waals surface area contributed by atoms with E-state index in [0.29, 0.717) is 0 Å². The summed E-state index contributed by atoms with van der Waals surface area (Å²) in [5.74, 6) is -18.6. The highest BCUT2D eigenvalue weighted by atomic mass is 19.2. The van der Waals surface area contributed by atoms with Gasteiger partial charge in [0.1, 0.15) is 0 Å². The Labute approximate surface area is 94.1 Å². The smallest absolute Gasteiger partial charge is 0.253 e. The third-order valence-corrected chi connectivity index (χ3v) is 2.30. The Balaban J connectivity index is 3.22. The maximum Gasteiger partial charge on any atom is 0.253 e. The number of rotatable bonds is 0. The maximum absolute atomic E-state index is 13.2. The molecule has 1 nitrogen and oxygen atoms in total. The van der Waals surface area contributed by atoms with E-state index in [0.717, 1.165) is 0 Å². The van der Waals surface area contributed by atoms with Gasteiger partial charge in [-0.3, -0.25) is 5.11 Å². The summed E-state index contributed by atoms with van der Waals surface area (Å²) >= 11 is 0. The van der Waals surface area contributed by atoms with E-state index in [2.05, 4.69) is 0 Å². The Hall–Kier alpha value is -1.99. The van der Waals surface area contributed by atoms with Crippen molar-refractivity contribution >= 4 is 10.8 Å². The lowest BCUT2D eigenvalue weighted by atomic mass is 10.1. The number of fused-ring (bicyclic) bond motifs is 1. The molecule has 2 rings (SSSR count). The van der Waals surface area contributed by atoms with Crippen LogP contribution in [0, 0.1) is 40.7 Å². The quantitative estimate of drug-likeness (QED) is 0.392. The van der Waals surface area contributed by atoms with Crippen LogP contribution in [0.5, 0.6) is 5.75 Å². The molecule has 0 aromatic heterocycles. The zero-order valence-corrected chi connectivity index (χ0v) is 8.05. The first kappa shape index (κ1) is 12.5. The summed E-state index contributed by atoms with van der Waals surface area (Å²) in [5.41, 5.74) is 0. The molecule has 0 atom stereocenters. The highest BCUT2D eigenvalue weighted by Crippen LogP contribution is 2.37. The minimum atomic E-state index is -2.43. The minimum Gasteiger partial charge on any atom is -0.283 e. The van der Waals surface area contributed by atoms with Crippen LogP contribution in [-0.2, 0) is 5.11 Å². The van der Waals surface area contributed by atoms with Gasteiger partial charge in [0, 0.05) is 0 Å². The molecule has 0 aliphatic carbocycles. The summed E-state index contributed by atoms with van der Waals surface area (Å²) in [5, 5.41) is 7.21. The molecule has 0 N–H and O–H groups in total. The van der Waals surface area contributed by atoms with Crippen molar-refractivity contribution in [3.8, 4) is 5.75 Å². The predicted octanol–water partition coefficient (Wildman–Crippen LogP) is 3.96. The average Bonchev–Trinajstić information content (AvgIpc) is 2.35. The third-order valence-electron chi connectivity index (χ3n) is 2.30. The lowest BCUT2D eigenvalue weighted by Gasteiger charge is -2.07. The van der Waals surface area contributed by atoms with Gasteiger partial charge in [0.25, 0.3) is 5.75 Å². The van der Waals surface area contributed by atoms with Gasteiger partial charge in [0.2, 0.25) is 5.82 Å². The van der Waals surface area contributed by atoms with Crippen LogP contribution in [0.1, 0.15) is 0 Å². The van der Waals surface area contributed by atoms with Gasteiger partial charge in [0.15, 0.2) is 34.9 Å². The Bertz CT molecular complexity index is 567. The van der Waals surface area contributed by atoms with Crippen molar-refractivity contribution in [1.82, 2.24) is 0 Å². The Morgan fingerprint density at radius 1 is 0.444 bits per heavy atom. The van der Waals surface area contributed by atoms with Crippen LogP contribution >= 0.6 is 0 Å². The zero-order valence-electron chi connectivity index (χ0n) is 8.05. The van der Waals surface area contributed by atoms with E-state index in [4.69, 9.17) is 0 Å². The molecule has 0 unspecified atom stereocenters. The SMILES string of the molecule is [O]c1c(F)c(F)c2c(F)c(F)c(F)c(F)c2c1F. The normalized spacial score (nSPS) is 11.3. The van der Waals surface area contributed by atoms with E-state index in [9.17, 15) is 35.8 Å². The van der Waals surface area contributed by atoms with E-state index in [1.165, 1.54) is 0 Å². The van der Waals surface area contributed by atoms with E-state index in [1.54, 1.807) is 0 Å². The molecular formula is C10F7O. The molecule has 0 aliphatic rings. The fraction of sp³-hybridized carbons (Fsp3) is 0. The second-order valence-corrected chi connectivity index (χ2v) is 3.28. The molecule has 0 fully saturated rings. The zero-order chi connectivity index (χ0) is 13.8. The summed E-state index contributed by atoms with van der Waals surface area (Å²) < 4.78 is 91.0. The van der Waals surface area contributed by atoms with E-state index in [-0.39, 0.29) is 0 Å². The van der Waals surface area contributed by atoms with Gasteiger partial charge in [-0.05, 0) is 0 Å². The van der Waals surface area contributed by atoms with E-state index < -0.39 is 57.2 Å². The van der Waals surface area contributed by atoms with Crippen LogP contribution in [-0.4, -0.2) is 0 Å². The molecule has 2 aromatic carbocycles. The summed E-state index contributed by atoms with van der Waals surface area (Å²) in [4.78, 5) is 0. The Morgan fingerprint density at radius 2 is 0.778 bits per heavy atom. The molecular weight excluding hydrogens is 269 g/mol. The number of hydrogen-bond acceptors (Lipinski definition) is 0. The van der Waals surface area contributed by atoms with Crippen molar-refractivity contribution in [2.75, 3.05) is 0 Å². The number of hydrogen-bond donors (Lipinski definition) is 0. The number of benzene rings is 2. The van der Waals surface area contributed by atoms with Gasteiger partial charge in [-0.25, -0.2) is 26.3 Å².